The number of hydrogen-bond donors (Lipinski definition) is 2. The summed E-state index contributed by atoms with van der Waals surface area (Å²) in [7, 11) is 3.37. The monoisotopic (exact) mass is 350 g/mol. The van der Waals surface area contributed by atoms with Gasteiger partial charge in [0.05, 0.1) is 19.2 Å². The van der Waals surface area contributed by atoms with Crippen LogP contribution in [0, 0.1) is 0 Å². The van der Waals surface area contributed by atoms with E-state index in [1.165, 1.54) is 4.90 Å². The van der Waals surface area contributed by atoms with Crippen molar-refractivity contribution in [1.82, 2.24) is 15.1 Å². The number of nitrogens with one attached hydrogen (secondary N) is 1. The summed E-state index contributed by atoms with van der Waals surface area (Å²) >= 11 is 0. The number of ether oxygens (including phenoxy) is 1. The van der Waals surface area contributed by atoms with Crippen LogP contribution in [0.2, 0.25) is 0 Å². The van der Waals surface area contributed by atoms with Crippen molar-refractivity contribution < 1.29 is 14.3 Å². The van der Waals surface area contributed by atoms with Crippen LogP contribution in [-0.2, 0) is 14.3 Å². The molecule has 136 valence electrons. The first-order chi connectivity index (χ1) is 10.5. The smallest absolute Gasteiger partial charge is 0.239 e. The molecule has 0 radical (unpaired) electrons. The van der Waals surface area contributed by atoms with Crippen molar-refractivity contribution in [2.45, 2.75) is 38.3 Å². The highest BCUT2D eigenvalue weighted by molar-refractivity contribution is 5.85. The number of amides is 2. The maximum Gasteiger partial charge on any atom is 0.239 e. The van der Waals surface area contributed by atoms with Crippen molar-refractivity contribution in [3.63, 3.8) is 0 Å². The van der Waals surface area contributed by atoms with E-state index in [1.54, 1.807) is 14.2 Å². The van der Waals surface area contributed by atoms with Crippen molar-refractivity contribution in [2.24, 2.45) is 5.73 Å². The molecule has 1 rings (SSSR count). The van der Waals surface area contributed by atoms with Gasteiger partial charge in [-0.25, -0.2) is 0 Å². The largest absolute Gasteiger partial charge is 0.381 e. The van der Waals surface area contributed by atoms with Crippen LogP contribution in [0.25, 0.3) is 0 Å². The molecule has 1 heterocycles. The van der Waals surface area contributed by atoms with Crippen molar-refractivity contribution in [2.75, 3.05) is 46.9 Å². The number of carbonyl (C=O) groups excluding carboxylic acids is 2. The Kier molecular flexibility index (Phi) is 11.2. The Morgan fingerprint density at radius 1 is 1.43 bits per heavy atom. The normalized spacial score (nSPS) is 21.4. The highest BCUT2D eigenvalue weighted by Crippen LogP contribution is 2.18. The highest BCUT2D eigenvalue weighted by atomic mass is 35.5. The lowest BCUT2D eigenvalue weighted by atomic mass is 9.99. The number of piperidine rings is 1. The van der Waals surface area contributed by atoms with Crippen LogP contribution < -0.4 is 11.1 Å². The average Bonchev–Trinajstić information content (AvgIpc) is 2.52. The van der Waals surface area contributed by atoms with E-state index in [-0.39, 0.29) is 42.9 Å². The van der Waals surface area contributed by atoms with Gasteiger partial charge in [-0.1, -0.05) is 6.92 Å². The predicted molar refractivity (Wildman–Crippen MR) is 92.6 cm³/mol. The Morgan fingerprint density at radius 2 is 2.13 bits per heavy atom. The van der Waals surface area contributed by atoms with Crippen LogP contribution in [0.4, 0.5) is 0 Å². The molecule has 1 saturated heterocycles. The summed E-state index contributed by atoms with van der Waals surface area (Å²) in [6.45, 7) is 4.33. The van der Waals surface area contributed by atoms with Crippen LogP contribution in [0.1, 0.15) is 26.2 Å². The number of methoxy groups -OCH3 is 1. The van der Waals surface area contributed by atoms with Crippen LogP contribution in [0.15, 0.2) is 0 Å². The number of hydrogen-bond acceptors (Lipinski definition) is 5. The van der Waals surface area contributed by atoms with Gasteiger partial charge in [-0.15, -0.1) is 12.4 Å². The van der Waals surface area contributed by atoms with Crippen molar-refractivity contribution in [3.05, 3.63) is 0 Å². The molecular formula is C15H31ClN4O3. The molecule has 8 heteroatoms. The lowest BCUT2D eigenvalue weighted by Crippen LogP contribution is -2.52. The first-order valence-corrected chi connectivity index (χ1v) is 7.99. The standard InChI is InChI=1S/C15H30N4O3.ClH/c1-4-6-17-14(20)10-18(2)15(21)11-19-7-5-13(22-3)8-12(19)9-16;/h12-13H,4-11,16H2,1-3H3,(H,17,20);1H. The SMILES string of the molecule is CCCNC(=O)CN(C)C(=O)CN1CCC(OC)CC1CN.Cl. The fourth-order valence-electron chi connectivity index (χ4n) is 2.65. The molecule has 2 atom stereocenters. The zero-order valence-electron chi connectivity index (χ0n) is 14.4. The average molecular weight is 351 g/mol. The van der Waals surface area contributed by atoms with Gasteiger partial charge < -0.3 is 20.7 Å². The van der Waals surface area contributed by atoms with Crippen LogP contribution in [0.5, 0.6) is 0 Å². The second-order valence-electron chi connectivity index (χ2n) is 5.84. The molecule has 0 saturated carbocycles. The van der Waals surface area contributed by atoms with E-state index in [9.17, 15) is 9.59 Å². The fourth-order valence-corrected chi connectivity index (χ4v) is 2.65. The summed E-state index contributed by atoms with van der Waals surface area (Å²) in [6.07, 6.45) is 2.86. The lowest BCUT2D eigenvalue weighted by Gasteiger charge is -2.38. The first kappa shape index (κ1) is 22.1. The molecule has 0 aromatic heterocycles. The predicted octanol–water partition coefficient (Wildman–Crippen LogP) is -0.169. The summed E-state index contributed by atoms with van der Waals surface area (Å²) in [6, 6.07) is 0.157. The van der Waals surface area contributed by atoms with E-state index < -0.39 is 0 Å². The van der Waals surface area contributed by atoms with Crippen LogP contribution >= 0.6 is 12.4 Å². The molecule has 0 aromatic rings. The van der Waals surface area contributed by atoms with Gasteiger partial charge in [-0.2, -0.15) is 0 Å². The Hall–Kier alpha value is -0.890. The molecule has 2 amide bonds. The number of rotatable bonds is 8. The number of nitrogens with two attached hydrogens (primary N) is 1. The first-order valence-electron chi connectivity index (χ1n) is 7.99. The number of halogens is 1. The van der Waals surface area contributed by atoms with Gasteiger partial charge in [-0.3, -0.25) is 14.5 Å². The molecule has 0 aromatic carbocycles. The third kappa shape index (κ3) is 7.48. The fraction of sp³-hybridized carbons (Fsp3) is 0.867. The van der Waals surface area contributed by atoms with E-state index in [2.05, 4.69) is 10.2 Å². The summed E-state index contributed by atoms with van der Waals surface area (Å²) in [5.74, 6) is -0.174. The Balaban J connectivity index is 0.00000484. The molecule has 1 aliphatic rings. The molecule has 2 unspecified atom stereocenters. The highest BCUT2D eigenvalue weighted by Gasteiger charge is 2.29. The number of likely N-dealkylation sites (N-methyl/N-ethyl adjacent to an activating group) is 1. The lowest BCUT2D eigenvalue weighted by molar-refractivity contribution is -0.136. The van der Waals surface area contributed by atoms with E-state index in [0.29, 0.717) is 19.6 Å². The molecule has 7 nitrogen and oxygen atoms in total. The molecule has 0 aliphatic carbocycles. The van der Waals surface area contributed by atoms with Crippen LogP contribution in [-0.4, -0.2) is 80.6 Å². The third-order valence-corrected chi connectivity index (χ3v) is 4.11. The molecule has 0 spiro atoms. The molecule has 1 fully saturated rings. The molecule has 1 aliphatic heterocycles. The van der Waals surface area contributed by atoms with Gasteiger partial charge in [0.15, 0.2) is 0 Å². The van der Waals surface area contributed by atoms with Crippen molar-refractivity contribution in [3.8, 4) is 0 Å². The molecule has 0 bridgehead atoms. The number of nitrogens with zero attached hydrogens (tertiary/aromatic N) is 2. The number of carbonyl (C=O) groups is 2. The third-order valence-electron chi connectivity index (χ3n) is 4.11. The quantitative estimate of drug-likeness (QED) is 0.634. The summed E-state index contributed by atoms with van der Waals surface area (Å²) < 4.78 is 5.38. The minimum absolute atomic E-state index is 0. The van der Waals surface area contributed by atoms with Crippen LogP contribution in [0.3, 0.4) is 0 Å². The van der Waals surface area contributed by atoms with E-state index in [4.69, 9.17) is 10.5 Å². The van der Waals surface area contributed by atoms with Crippen molar-refractivity contribution in [1.29, 1.82) is 0 Å². The number of likely N-dealkylation sites (tertiary alicyclic amines) is 1. The Bertz CT molecular complexity index is 371. The Morgan fingerprint density at radius 3 is 2.70 bits per heavy atom. The van der Waals surface area contributed by atoms with Gasteiger partial charge in [0, 0.05) is 39.8 Å². The van der Waals surface area contributed by atoms with Gasteiger partial charge in [0.25, 0.3) is 0 Å². The second kappa shape index (κ2) is 11.6. The topological polar surface area (TPSA) is 87.9 Å². The maximum atomic E-state index is 12.3. The van der Waals surface area contributed by atoms with Crippen molar-refractivity contribution >= 4 is 24.2 Å². The van der Waals surface area contributed by atoms with Gasteiger partial charge >= 0.3 is 0 Å². The minimum Gasteiger partial charge on any atom is -0.381 e. The van der Waals surface area contributed by atoms with Gasteiger partial charge in [0.1, 0.15) is 0 Å². The second-order valence-corrected chi connectivity index (χ2v) is 5.84. The Labute approximate surface area is 145 Å². The summed E-state index contributed by atoms with van der Waals surface area (Å²) in [5.41, 5.74) is 5.81. The summed E-state index contributed by atoms with van der Waals surface area (Å²) in [4.78, 5) is 27.5. The van der Waals surface area contributed by atoms with Gasteiger partial charge in [-0.05, 0) is 19.3 Å². The zero-order valence-corrected chi connectivity index (χ0v) is 15.2. The minimum atomic E-state index is -0.119. The molecule has 23 heavy (non-hydrogen) atoms. The maximum absolute atomic E-state index is 12.3. The zero-order chi connectivity index (χ0) is 16.5. The van der Waals surface area contributed by atoms with Gasteiger partial charge in [0.2, 0.25) is 11.8 Å². The molecular weight excluding hydrogens is 320 g/mol. The van der Waals surface area contributed by atoms with E-state index >= 15 is 0 Å². The molecule has 3 N–H and O–H groups in total. The van der Waals surface area contributed by atoms with E-state index in [1.807, 2.05) is 6.92 Å². The van der Waals surface area contributed by atoms with E-state index in [0.717, 1.165) is 25.8 Å². The summed E-state index contributed by atoms with van der Waals surface area (Å²) in [5, 5.41) is 2.77.